The summed E-state index contributed by atoms with van der Waals surface area (Å²) >= 11 is 0. The van der Waals surface area contributed by atoms with Crippen molar-refractivity contribution in [2.24, 2.45) is 0 Å². The van der Waals surface area contributed by atoms with Crippen molar-refractivity contribution in [3.05, 3.63) is 0 Å². The lowest BCUT2D eigenvalue weighted by atomic mass is 10.1. The highest BCUT2D eigenvalue weighted by atomic mass is 16.4. The fraction of sp³-hybridized carbons (Fsp3) is 0.778. The second kappa shape index (κ2) is 4.95. The van der Waals surface area contributed by atoms with Crippen LogP contribution >= 0.6 is 0 Å². The van der Waals surface area contributed by atoms with Gasteiger partial charge < -0.3 is 10.4 Å². The van der Waals surface area contributed by atoms with E-state index in [-0.39, 0.29) is 12.3 Å². The van der Waals surface area contributed by atoms with E-state index < -0.39 is 12.0 Å². The van der Waals surface area contributed by atoms with Gasteiger partial charge in [-0.2, -0.15) is 0 Å². The summed E-state index contributed by atoms with van der Waals surface area (Å²) in [6.45, 7) is 4.17. The van der Waals surface area contributed by atoms with Gasteiger partial charge in [0.05, 0.1) is 12.5 Å². The quantitative estimate of drug-likeness (QED) is 0.652. The lowest BCUT2D eigenvalue weighted by Gasteiger charge is -2.33. The van der Waals surface area contributed by atoms with Gasteiger partial charge >= 0.3 is 5.97 Å². The number of nitrogens with zero attached hydrogens (tertiary/aromatic N) is 1. The molecule has 0 aromatic heterocycles. The Kier molecular flexibility index (Phi) is 3.88. The molecule has 0 radical (unpaired) electrons. The average molecular weight is 200 g/mol. The smallest absolute Gasteiger partial charge is 0.305 e. The summed E-state index contributed by atoms with van der Waals surface area (Å²) < 4.78 is 0. The van der Waals surface area contributed by atoms with E-state index in [4.69, 9.17) is 5.11 Å². The third-order valence-electron chi connectivity index (χ3n) is 2.32. The van der Waals surface area contributed by atoms with E-state index in [1.165, 1.54) is 0 Å². The van der Waals surface area contributed by atoms with Crippen LogP contribution in [0.2, 0.25) is 0 Å². The predicted octanol–water partition coefficient (Wildman–Crippen LogP) is -0.328. The molecule has 2 N–H and O–H groups in total. The number of carbonyl (C=O) groups is 2. The van der Waals surface area contributed by atoms with E-state index in [0.29, 0.717) is 6.54 Å². The van der Waals surface area contributed by atoms with Crippen molar-refractivity contribution in [3.8, 4) is 0 Å². The van der Waals surface area contributed by atoms with Crippen LogP contribution in [0, 0.1) is 0 Å². The van der Waals surface area contributed by atoms with Crippen LogP contribution < -0.4 is 5.32 Å². The van der Waals surface area contributed by atoms with Crippen molar-refractivity contribution < 1.29 is 14.7 Å². The number of rotatable bonds is 4. The van der Waals surface area contributed by atoms with E-state index in [2.05, 4.69) is 5.32 Å². The van der Waals surface area contributed by atoms with E-state index in [1.807, 2.05) is 11.8 Å². The standard InChI is InChI=1S/C9H16N2O3/c1-2-4-11-5-3-10-9(14)7(11)6-8(12)13/h7H,2-6H2,1H3,(H,10,14)(H,12,13). The highest BCUT2D eigenvalue weighted by molar-refractivity contribution is 5.86. The molecule has 1 amide bonds. The molecule has 1 rings (SSSR count). The molecule has 5 nitrogen and oxygen atoms in total. The van der Waals surface area contributed by atoms with Crippen molar-refractivity contribution >= 4 is 11.9 Å². The summed E-state index contributed by atoms with van der Waals surface area (Å²) in [7, 11) is 0. The predicted molar refractivity (Wildman–Crippen MR) is 50.9 cm³/mol. The molecular formula is C9H16N2O3. The Morgan fingerprint density at radius 2 is 2.43 bits per heavy atom. The van der Waals surface area contributed by atoms with Crippen LogP contribution in [0.15, 0.2) is 0 Å². The first-order chi connectivity index (χ1) is 6.65. The van der Waals surface area contributed by atoms with Crippen LogP contribution in [0.5, 0.6) is 0 Å². The minimum absolute atomic E-state index is 0.105. The van der Waals surface area contributed by atoms with Crippen molar-refractivity contribution in [2.45, 2.75) is 25.8 Å². The van der Waals surface area contributed by atoms with Crippen molar-refractivity contribution in [3.63, 3.8) is 0 Å². The van der Waals surface area contributed by atoms with Gasteiger partial charge in [0.25, 0.3) is 0 Å². The highest BCUT2D eigenvalue weighted by Gasteiger charge is 2.30. The number of hydrogen-bond acceptors (Lipinski definition) is 3. The van der Waals surface area contributed by atoms with E-state index in [1.54, 1.807) is 0 Å². The van der Waals surface area contributed by atoms with Crippen LogP contribution in [0.3, 0.4) is 0 Å². The summed E-state index contributed by atoms with van der Waals surface area (Å²) in [5, 5.41) is 11.3. The summed E-state index contributed by atoms with van der Waals surface area (Å²) in [5.74, 6) is -1.08. The monoisotopic (exact) mass is 200 g/mol. The Hall–Kier alpha value is -1.10. The van der Waals surface area contributed by atoms with E-state index in [0.717, 1.165) is 19.5 Å². The molecule has 0 saturated carbocycles. The Balaban J connectivity index is 2.60. The molecule has 0 bridgehead atoms. The largest absolute Gasteiger partial charge is 0.481 e. The summed E-state index contributed by atoms with van der Waals surface area (Å²) in [6, 6.07) is -0.485. The zero-order chi connectivity index (χ0) is 10.6. The molecule has 5 heteroatoms. The van der Waals surface area contributed by atoms with Crippen LogP contribution in [0.25, 0.3) is 0 Å². The van der Waals surface area contributed by atoms with Crippen molar-refractivity contribution in [2.75, 3.05) is 19.6 Å². The molecule has 1 heterocycles. The van der Waals surface area contributed by atoms with Gasteiger partial charge in [-0.15, -0.1) is 0 Å². The molecule has 1 aliphatic heterocycles. The number of carboxylic acid groups (broad SMARTS) is 1. The third kappa shape index (κ3) is 2.70. The minimum atomic E-state index is -0.923. The van der Waals surface area contributed by atoms with Gasteiger partial charge in [0, 0.05) is 13.1 Å². The molecule has 0 aromatic carbocycles. The second-order valence-corrected chi connectivity index (χ2v) is 3.44. The normalized spacial score (nSPS) is 23.2. The third-order valence-corrected chi connectivity index (χ3v) is 2.32. The lowest BCUT2D eigenvalue weighted by Crippen LogP contribution is -2.55. The number of amides is 1. The maximum absolute atomic E-state index is 11.4. The molecular weight excluding hydrogens is 184 g/mol. The van der Waals surface area contributed by atoms with Gasteiger partial charge in [-0.25, -0.2) is 0 Å². The molecule has 1 unspecified atom stereocenters. The zero-order valence-corrected chi connectivity index (χ0v) is 8.32. The molecule has 0 aromatic rings. The van der Waals surface area contributed by atoms with Crippen LogP contribution in [-0.2, 0) is 9.59 Å². The Morgan fingerprint density at radius 3 is 3.00 bits per heavy atom. The Morgan fingerprint density at radius 1 is 1.71 bits per heavy atom. The second-order valence-electron chi connectivity index (χ2n) is 3.44. The molecule has 0 aliphatic carbocycles. The molecule has 1 fully saturated rings. The van der Waals surface area contributed by atoms with Gasteiger partial charge in [-0.1, -0.05) is 6.92 Å². The number of hydrogen-bond donors (Lipinski definition) is 2. The molecule has 1 aliphatic rings. The lowest BCUT2D eigenvalue weighted by molar-refractivity contribution is -0.143. The van der Waals surface area contributed by atoms with Gasteiger partial charge in [0.1, 0.15) is 0 Å². The minimum Gasteiger partial charge on any atom is -0.481 e. The van der Waals surface area contributed by atoms with Gasteiger partial charge in [-0.05, 0) is 13.0 Å². The first kappa shape index (κ1) is 11.0. The maximum atomic E-state index is 11.4. The number of carboxylic acids is 1. The summed E-state index contributed by atoms with van der Waals surface area (Å²) in [6.07, 6.45) is 0.829. The maximum Gasteiger partial charge on any atom is 0.305 e. The van der Waals surface area contributed by atoms with Gasteiger partial charge in [0.15, 0.2) is 0 Å². The molecule has 1 saturated heterocycles. The SMILES string of the molecule is CCCN1CCNC(=O)C1CC(=O)O. The fourth-order valence-electron chi connectivity index (χ4n) is 1.70. The van der Waals surface area contributed by atoms with Crippen LogP contribution in [0.1, 0.15) is 19.8 Å². The molecule has 0 spiro atoms. The molecule has 80 valence electrons. The molecule has 1 atom stereocenters. The van der Waals surface area contributed by atoms with Crippen molar-refractivity contribution in [1.82, 2.24) is 10.2 Å². The Bertz CT molecular complexity index is 228. The topological polar surface area (TPSA) is 69.6 Å². The molecule has 14 heavy (non-hydrogen) atoms. The van der Waals surface area contributed by atoms with Gasteiger partial charge in [0.2, 0.25) is 5.91 Å². The summed E-state index contributed by atoms with van der Waals surface area (Å²) in [5.41, 5.74) is 0. The van der Waals surface area contributed by atoms with Crippen LogP contribution in [-0.4, -0.2) is 47.6 Å². The summed E-state index contributed by atoms with van der Waals surface area (Å²) in [4.78, 5) is 23.9. The number of piperazine rings is 1. The van der Waals surface area contributed by atoms with Gasteiger partial charge in [-0.3, -0.25) is 14.5 Å². The van der Waals surface area contributed by atoms with E-state index >= 15 is 0 Å². The first-order valence-electron chi connectivity index (χ1n) is 4.88. The van der Waals surface area contributed by atoms with Crippen molar-refractivity contribution in [1.29, 1.82) is 0 Å². The number of nitrogens with one attached hydrogen (secondary N) is 1. The Labute approximate surface area is 83.1 Å². The number of carbonyl (C=O) groups excluding carboxylic acids is 1. The van der Waals surface area contributed by atoms with Crippen LogP contribution in [0.4, 0.5) is 0 Å². The zero-order valence-electron chi connectivity index (χ0n) is 8.32. The average Bonchev–Trinajstić information content (AvgIpc) is 2.11. The number of aliphatic carboxylic acids is 1. The van der Waals surface area contributed by atoms with E-state index in [9.17, 15) is 9.59 Å². The highest BCUT2D eigenvalue weighted by Crippen LogP contribution is 2.09. The fourth-order valence-corrected chi connectivity index (χ4v) is 1.70. The first-order valence-corrected chi connectivity index (χ1v) is 4.88.